The maximum Gasteiger partial charge on any atom is 0.328 e. The van der Waals surface area contributed by atoms with Crippen LogP contribution in [-0.2, 0) is 14.3 Å². The van der Waals surface area contributed by atoms with Gasteiger partial charge in [-0.25, -0.2) is 9.59 Å². The second kappa shape index (κ2) is 6.21. The minimum Gasteiger partial charge on any atom is -0.480 e. The van der Waals surface area contributed by atoms with Crippen LogP contribution in [-0.4, -0.2) is 56.1 Å². The predicted molar refractivity (Wildman–Crippen MR) is 68.0 cm³/mol. The first-order valence-electron chi connectivity index (χ1n) is 6.14. The van der Waals surface area contributed by atoms with Crippen molar-refractivity contribution in [1.29, 1.82) is 0 Å². The van der Waals surface area contributed by atoms with Crippen LogP contribution in [0.3, 0.4) is 0 Å². The lowest BCUT2D eigenvalue weighted by molar-refractivity contribution is -0.140. The molecule has 0 bridgehead atoms. The van der Waals surface area contributed by atoms with Crippen molar-refractivity contribution in [3.05, 3.63) is 0 Å². The molecule has 0 aromatic rings. The number of amides is 2. The van der Waals surface area contributed by atoms with E-state index in [0.29, 0.717) is 0 Å². The molecule has 110 valence electrons. The molecule has 3 atom stereocenters. The number of carbonyl (C=O) groups is 2. The number of hydrogen-bond acceptors (Lipinski definition) is 4. The van der Waals surface area contributed by atoms with E-state index in [2.05, 4.69) is 10.6 Å². The number of nitrogens with one attached hydrogen (secondary N) is 2. The van der Waals surface area contributed by atoms with Crippen molar-refractivity contribution in [3.8, 4) is 0 Å². The third kappa shape index (κ3) is 3.57. The smallest absolute Gasteiger partial charge is 0.328 e. The molecule has 1 saturated carbocycles. The third-order valence-corrected chi connectivity index (χ3v) is 3.70. The molecule has 1 rings (SSSR count). The van der Waals surface area contributed by atoms with E-state index in [0.717, 1.165) is 6.42 Å². The number of ether oxygens (including phenoxy) is 2. The minimum absolute atomic E-state index is 0.0329. The highest BCUT2D eigenvalue weighted by molar-refractivity contribution is 5.82. The van der Waals surface area contributed by atoms with Crippen molar-refractivity contribution in [1.82, 2.24) is 10.6 Å². The van der Waals surface area contributed by atoms with E-state index in [4.69, 9.17) is 14.6 Å². The van der Waals surface area contributed by atoms with Gasteiger partial charge in [-0.2, -0.15) is 0 Å². The molecule has 0 aliphatic heterocycles. The Morgan fingerprint density at radius 3 is 2.47 bits per heavy atom. The van der Waals surface area contributed by atoms with Gasteiger partial charge in [0, 0.05) is 25.7 Å². The first-order valence-corrected chi connectivity index (χ1v) is 6.14. The van der Waals surface area contributed by atoms with Crippen molar-refractivity contribution in [2.45, 2.75) is 38.5 Å². The number of carboxylic acids is 1. The second-order valence-corrected chi connectivity index (χ2v) is 5.30. The number of urea groups is 1. The van der Waals surface area contributed by atoms with Crippen molar-refractivity contribution < 1.29 is 24.2 Å². The van der Waals surface area contributed by atoms with Crippen molar-refractivity contribution in [2.24, 2.45) is 5.41 Å². The first kappa shape index (κ1) is 15.7. The highest BCUT2D eigenvalue weighted by Gasteiger charge is 2.49. The fourth-order valence-corrected chi connectivity index (χ4v) is 2.23. The third-order valence-electron chi connectivity index (χ3n) is 3.70. The van der Waals surface area contributed by atoms with Gasteiger partial charge in [-0.1, -0.05) is 13.8 Å². The van der Waals surface area contributed by atoms with Gasteiger partial charge in [0.15, 0.2) is 6.04 Å². The Morgan fingerprint density at radius 2 is 2.05 bits per heavy atom. The number of aliphatic carboxylic acids is 1. The standard InChI is InChI=1S/C12H22N2O5/c1-12(2)8(5-9(12)19-4)14-11(17)13-7(6-18-3)10(15)16/h7-9H,5-6H2,1-4H3,(H,15,16)(H2,13,14,17). The van der Waals surface area contributed by atoms with Crippen LogP contribution in [0.5, 0.6) is 0 Å². The number of carboxylic acid groups (broad SMARTS) is 1. The fraction of sp³-hybridized carbons (Fsp3) is 0.833. The topological polar surface area (TPSA) is 96.9 Å². The van der Waals surface area contributed by atoms with Crippen molar-refractivity contribution in [3.63, 3.8) is 0 Å². The minimum atomic E-state index is -1.13. The molecule has 0 heterocycles. The molecule has 7 nitrogen and oxygen atoms in total. The predicted octanol–water partition coefficient (Wildman–Crippen LogP) is 0.199. The Balaban J connectivity index is 2.46. The SMILES string of the molecule is COCC(NC(=O)NC1CC(OC)C1(C)C)C(=O)O. The fourth-order valence-electron chi connectivity index (χ4n) is 2.23. The van der Waals surface area contributed by atoms with Gasteiger partial charge in [-0.3, -0.25) is 0 Å². The molecule has 1 aliphatic carbocycles. The summed E-state index contributed by atoms with van der Waals surface area (Å²) in [7, 11) is 3.02. The molecular weight excluding hydrogens is 252 g/mol. The van der Waals surface area contributed by atoms with Crippen LogP contribution in [0, 0.1) is 5.41 Å². The zero-order valence-electron chi connectivity index (χ0n) is 11.7. The Labute approximate surface area is 112 Å². The van der Waals surface area contributed by atoms with Crippen LogP contribution in [0.15, 0.2) is 0 Å². The molecule has 0 saturated heterocycles. The van der Waals surface area contributed by atoms with Crippen LogP contribution in [0.4, 0.5) is 4.79 Å². The molecule has 1 aliphatic rings. The van der Waals surface area contributed by atoms with Crippen LogP contribution < -0.4 is 10.6 Å². The maximum absolute atomic E-state index is 11.7. The summed E-state index contributed by atoms with van der Waals surface area (Å²) in [5.41, 5.74) is -0.161. The van der Waals surface area contributed by atoms with E-state index in [1.165, 1.54) is 7.11 Å². The lowest BCUT2D eigenvalue weighted by Crippen LogP contribution is -2.64. The molecule has 7 heteroatoms. The Bertz CT molecular complexity index is 345. The number of hydrogen-bond donors (Lipinski definition) is 3. The van der Waals surface area contributed by atoms with Crippen LogP contribution >= 0.6 is 0 Å². The maximum atomic E-state index is 11.7. The highest BCUT2D eigenvalue weighted by atomic mass is 16.5. The lowest BCUT2D eigenvalue weighted by Gasteiger charge is -2.51. The van der Waals surface area contributed by atoms with Gasteiger partial charge in [0.05, 0.1) is 12.7 Å². The number of carbonyl (C=O) groups excluding carboxylic acids is 1. The molecule has 1 fully saturated rings. The molecule has 2 amide bonds. The van der Waals surface area contributed by atoms with E-state index in [1.54, 1.807) is 7.11 Å². The quantitative estimate of drug-likeness (QED) is 0.643. The van der Waals surface area contributed by atoms with Gasteiger partial charge >= 0.3 is 12.0 Å². The van der Waals surface area contributed by atoms with E-state index >= 15 is 0 Å². The molecule has 19 heavy (non-hydrogen) atoms. The number of rotatable bonds is 6. The summed E-state index contributed by atoms with van der Waals surface area (Å²) in [6.45, 7) is 3.93. The van der Waals surface area contributed by atoms with E-state index in [-0.39, 0.29) is 24.2 Å². The summed E-state index contributed by atoms with van der Waals surface area (Å²) in [6.07, 6.45) is 0.825. The highest BCUT2D eigenvalue weighted by Crippen LogP contribution is 2.42. The van der Waals surface area contributed by atoms with Gasteiger partial charge in [0.1, 0.15) is 0 Å². The van der Waals surface area contributed by atoms with E-state index in [1.807, 2.05) is 13.8 Å². The average Bonchev–Trinajstić information content (AvgIpc) is 2.33. The molecule has 0 aromatic heterocycles. The van der Waals surface area contributed by atoms with Gasteiger partial charge in [-0.05, 0) is 6.42 Å². The molecule has 3 unspecified atom stereocenters. The second-order valence-electron chi connectivity index (χ2n) is 5.30. The normalized spacial score (nSPS) is 26.1. The van der Waals surface area contributed by atoms with E-state index < -0.39 is 18.0 Å². The van der Waals surface area contributed by atoms with Gasteiger partial charge in [0.2, 0.25) is 0 Å². The largest absolute Gasteiger partial charge is 0.480 e. The average molecular weight is 274 g/mol. The molecular formula is C12H22N2O5. The summed E-state index contributed by atoms with van der Waals surface area (Å²) < 4.78 is 10.0. The Hall–Kier alpha value is -1.34. The van der Waals surface area contributed by atoms with Crippen LogP contribution in [0.2, 0.25) is 0 Å². The summed E-state index contributed by atoms with van der Waals surface area (Å²) in [5, 5.41) is 14.0. The summed E-state index contributed by atoms with van der Waals surface area (Å²) in [5.74, 6) is -1.13. The van der Waals surface area contributed by atoms with E-state index in [9.17, 15) is 9.59 Å². The summed E-state index contributed by atoms with van der Waals surface area (Å²) in [6, 6.07) is -1.59. The lowest BCUT2D eigenvalue weighted by atomic mass is 9.64. The van der Waals surface area contributed by atoms with Gasteiger partial charge in [-0.15, -0.1) is 0 Å². The zero-order chi connectivity index (χ0) is 14.6. The van der Waals surface area contributed by atoms with Gasteiger partial charge in [0.25, 0.3) is 0 Å². The Kier molecular flexibility index (Phi) is 5.13. The van der Waals surface area contributed by atoms with Gasteiger partial charge < -0.3 is 25.2 Å². The van der Waals surface area contributed by atoms with Crippen molar-refractivity contribution >= 4 is 12.0 Å². The Morgan fingerprint density at radius 1 is 1.42 bits per heavy atom. The molecule has 0 radical (unpaired) electrons. The number of methoxy groups -OCH3 is 2. The monoisotopic (exact) mass is 274 g/mol. The molecule has 0 aromatic carbocycles. The molecule has 0 spiro atoms. The zero-order valence-corrected chi connectivity index (χ0v) is 11.7. The molecule has 3 N–H and O–H groups in total. The first-order chi connectivity index (χ1) is 8.82. The summed E-state index contributed by atoms with van der Waals surface area (Å²) >= 11 is 0. The van der Waals surface area contributed by atoms with Crippen LogP contribution in [0.1, 0.15) is 20.3 Å². The van der Waals surface area contributed by atoms with Crippen LogP contribution in [0.25, 0.3) is 0 Å². The summed E-state index contributed by atoms with van der Waals surface area (Å²) in [4.78, 5) is 22.6. The van der Waals surface area contributed by atoms with Crippen molar-refractivity contribution in [2.75, 3.05) is 20.8 Å².